The molecule has 4 heteroatoms. The normalized spacial score (nSPS) is 22.1. The third kappa shape index (κ3) is 4.91. The lowest BCUT2D eigenvalue weighted by atomic mass is 9.80. The number of allylic oxidation sites excluding steroid dienone is 4. The molecule has 0 saturated heterocycles. The number of halogens is 1. The Hall–Kier alpha value is -1.68. The predicted molar refractivity (Wildman–Crippen MR) is 99.6 cm³/mol. The highest BCUT2D eigenvalue weighted by atomic mass is 79.9. The van der Waals surface area contributed by atoms with Crippen LogP contribution in [0.25, 0.3) is 5.57 Å². The Labute approximate surface area is 151 Å². The van der Waals surface area contributed by atoms with Gasteiger partial charge in [-0.2, -0.15) is 0 Å². The molecule has 0 amide bonds. The Morgan fingerprint density at radius 3 is 2.17 bits per heavy atom. The van der Waals surface area contributed by atoms with Gasteiger partial charge >= 0.3 is 5.97 Å². The molecule has 1 aliphatic rings. The summed E-state index contributed by atoms with van der Waals surface area (Å²) in [6.45, 7) is 1.97. The van der Waals surface area contributed by atoms with E-state index in [4.69, 9.17) is 4.74 Å². The van der Waals surface area contributed by atoms with Crippen LogP contribution in [-0.4, -0.2) is 18.9 Å². The van der Waals surface area contributed by atoms with Crippen LogP contribution in [0.15, 0.2) is 47.0 Å². The predicted octanol–water partition coefficient (Wildman–Crippen LogP) is 4.92. The summed E-state index contributed by atoms with van der Waals surface area (Å²) in [7, 11) is 1.42. The molecule has 1 aromatic rings. The minimum atomic E-state index is -0.152. The summed E-state index contributed by atoms with van der Waals surface area (Å²) in [5, 5.41) is 0. The Kier molecular flexibility index (Phi) is 6.98. The zero-order chi connectivity index (χ0) is 17.5. The van der Waals surface area contributed by atoms with Crippen molar-refractivity contribution in [2.75, 3.05) is 7.11 Å². The lowest BCUT2D eigenvalue weighted by molar-refractivity contribution is -0.147. The third-order valence-corrected chi connectivity index (χ3v) is 4.96. The first-order valence-corrected chi connectivity index (χ1v) is 9.03. The molecule has 0 unspecified atom stereocenters. The molecule has 3 nitrogen and oxygen atoms in total. The fourth-order valence-electron chi connectivity index (χ4n) is 3.11. The molecule has 128 valence electrons. The van der Waals surface area contributed by atoms with Gasteiger partial charge in [0, 0.05) is 5.92 Å². The molecule has 0 heterocycles. The number of benzene rings is 1. The highest BCUT2D eigenvalue weighted by Gasteiger charge is 2.29. The van der Waals surface area contributed by atoms with Crippen molar-refractivity contribution in [3.63, 3.8) is 0 Å². The van der Waals surface area contributed by atoms with Crippen LogP contribution in [0.1, 0.15) is 38.2 Å². The molecular weight excluding hydrogens is 368 g/mol. The van der Waals surface area contributed by atoms with Gasteiger partial charge < -0.3 is 4.74 Å². The first-order chi connectivity index (χ1) is 11.5. The van der Waals surface area contributed by atoms with Crippen LogP contribution in [0.2, 0.25) is 0 Å². The fraction of sp³-hybridized carbons (Fsp3) is 0.400. The van der Waals surface area contributed by atoms with Crippen molar-refractivity contribution in [1.29, 1.82) is 0 Å². The molecule has 0 aromatic heterocycles. The highest BCUT2D eigenvalue weighted by Crippen LogP contribution is 2.31. The monoisotopic (exact) mass is 390 g/mol. The van der Waals surface area contributed by atoms with E-state index in [1.807, 2.05) is 43.3 Å². The van der Waals surface area contributed by atoms with Gasteiger partial charge in [0.15, 0.2) is 5.78 Å². The SMILES string of the molecule is COC(=O)C1CCC(C(=O)/C=C/C(=C(/C)Br)c2ccccc2)CC1. The summed E-state index contributed by atoms with van der Waals surface area (Å²) in [5.41, 5.74) is 2.08. The van der Waals surface area contributed by atoms with Gasteiger partial charge in [-0.05, 0) is 54.3 Å². The van der Waals surface area contributed by atoms with E-state index in [2.05, 4.69) is 15.9 Å². The van der Waals surface area contributed by atoms with Crippen molar-refractivity contribution in [1.82, 2.24) is 0 Å². The largest absolute Gasteiger partial charge is 0.469 e. The smallest absolute Gasteiger partial charge is 0.308 e. The van der Waals surface area contributed by atoms with E-state index in [9.17, 15) is 9.59 Å². The average Bonchev–Trinajstić information content (AvgIpc) is 2.61. The van der Waals surface area contributed by atoms with E-state index in [1.165, 1.54) is 7.11 Å². The van der Waals surface area contributed by atoms with Gasteiger partial charge in [0.25, 0.3) is 0 Å². The molecule has 1 aromatic carbocycles. The summed E-state index contributed by atoms with van der Waals surface area (Å²) in [6, 6.07) is 9.98. The standard InChI is InChI=1S/C20H23BrO3/c1-14(21)18(15-6-4-3-5-7-15)12-13-19(22)16-8-10-17(11-9-16)20(23)24-2/h3-7,12-13,16-17H,8-11H2,1-2H3/b13-12+,18-14+. The van der Waals surface area contributed by atoms with E-state index in [1.54, 1.807) is 6.08 Å². The van der Waals surface area contributed by atoms with Crippen molar-refractivity contribution in [2.45, 2.75) is 32.6 Å². The molecular formula is C20H23BrO3. The maximum Gasteiger partial charge on any atom is 0.308 e. The Balaban J connectivity index is 2.00. The maximum absolute atomic E-state index is 12.5. The van der Waals surface area contributed by atoms with Crippen LogP contribution < -0.4 is 0 Å². The summed E-state index contributed by atoms with van der Waals surface area (Å²) in [4.78, 5) is 24.0. The summed E-state index contributed by atoms with van der Waals surface area (Å²) in [6.07, 6.45) is 6.52. The number of hydrogen-bond acceptors (Lipinski definition) is 3. The molecule has 2 rings (SSSR count). The Morgan fingerprint density at radius 2 is 1.62 bits per heavy atom. The third-order valence-electron chi connectivity index (χ3n) is 4.53. The second kappa shape index (κ2) is 8.97. The molecule has 0 spiro atoms. The number of hydrogen-bond donors (Lipinski definition) is 0. The summed E-state index contributed by atoms with van der Waals surface area (Å²) >= 11 is 3.52. The van der Waals surface area contributed by atoms with E-state index >= 15 is 0 Å². The molecule has 1 saturated carbocycles. The van der Waals surface area contributed by atoms with E-state index in [-0.39, 0.29) is 23.6 Å². The van der Waals surface area contributed by atoms with Crippen LogP contribution in [-0.2, 0) is 14.3 Å². The van der Waals surface area contributed by atoms with Gasteiger partial charge in [0.1, 0.15) is 0 Å². The highest BCUT2D eigenvalue weighted by molar-refractivity contribution is 9.11. The van der Waals surface area contributed by atoms with Crippen LogP contribution in [0.4, 0.5) is 0 Å². The van der Waals surface area contributed by atoms with Gasteiger partial charge in [-0.15, -0.1) is 0 Å². The van der Waals surface area contributed by atoms with Gasteiger partial charge in [-0.25, -0.2) is 0 Å². The van der Waals surface area contributed by atoms with Crippen molar-refractivity contribution in [2.24, 2.45) is 11.8 Å². The molecule has 1 fully saturated rings. The van der Waals surface area contributed by atoms with Crippen molar-refractivity contribution in [3.8, 4) is 0 Å². The summed E-state index contributed by atoms with van der Waals surface area (Å²) in [5.74, 6) is -0.0523. The Bertz CT molecular complexity index is 634. The van der Waals surface area contributed by atoms with Gasteiger partial charge in [-0.3, -0.25) is 9.59 Å². The molecule has 0 radical (unpaired) electrons. The van der Waals surface area contributed by atoms with E-state index in [0.29, 0.717) is 0 Å². The minimum absolute atomic E-state index is 0.00908. The molecule has 0 aliphatic heterocycles. The Morgan fingerprint density at radius 1 is 1.04 bits per heavy atom. The number of methoxy groups -OCH3 is 1. The molecule has 0 N–H and O–H groups in total. The molecule has 0 atom stereocenters. The number of carbonyl (C=O) groups excluding carboxylic acids is 2. The average molecular weight is 391 g/mol. The fourth-order valence-corrected chi connectivity index (χ4v) is 3.47. The van der Waals surface area contributed by atoms with Crippen LogP contribution in [0.3, 0.4) is 0 Å². The number of carbonyl (C=O) groups is 2. The molecule has 0 bridgehead atoms. The quantitative estimate of drug-likeness (QED) is 0.407. The number of esters is 1. The second-order valence-electron chi connectivity index (χ2n) is 6.12. The lowest BCUT2D eigenvalue weighted by Crippen LogP contribution is -2.26. The van der Waals surface area contributed by atoms with Crippen molar-refractivity contribution >= 4 is 33.3 Å². The minimum Gasteiger partial charge on any atom is -0.469 e. The maximum atomic E-state index is 12.5. The van der Waals surface area contributed by atoms with Gasteiger partial charge in [-0.1, -0.05) is 52.3 Å². The van der Waals surface area contributed by atoms with Crippen LogP contribution in [0, 0.1) is 11.8 Å². The van der Waals surface area contributed by atoms with Crippen LogP contribution >= 0.6 is 15.9 Å². The van der Waals surface area contributed by atoms with Crippen molar-refractivity contribution in [3.05, 3.63) is 52.5 Å². The van der Waals surface area contributed by atoms with Gasteiger partial charge in [0.05, 0.1) is 13.0 Å². The number of rotatable bonds is 5. The molecule has 1 aliphatic carbocycles. The zero-order valence-electron chi connectivity index (χ0n) is 14.1. The topological polar surface area (TPSA) is 43.4 Å². The lowest BCUT2D eigenvalue weighted by Gasteiger charge is -2.25. The number of ketones is 1. The first kappa shape index (κ1) is 18.7. The second-order valence-corrected chi connectivity index (χ2v) is 7.31. The van der Waals surface area contributed by atoms with Gasteiger partial charge in [0.2, 0.25) is 0 Å². The van der Waals surface area contributed by atoms with Crippen LogP contribution in [0.5, 0.6) is 0 Å². The molecule has 24 heavy (non-hydrogen) atoms. The summed E-state index contributed by atoms with van der Waals surface area (Å²) < 4.78 is 5.78. The van der Waals surface area contributed by atoms with E-state index < -0.39 is 0 Å². The zero-order valence-corrected chi connectivity index (χ0v) is 15.7. The van der Waals surface area contributed by atoms with Crippen molar-refractivity contribution < 1.29 is 14.3 Å². The van der Waals surface area contributed by atoms with E-state index in [0.717, 1.165) is 41.3 Å². The number of ether oxygens (including phenoxy) is 1. The first-order valence-electron chi connectivity index (χ1n) is 8.24.